The second-order valence-corrected chi connectivity index (χ2v) is 7.69. The number of Topliss-reactive ketones (excluding diaryl/α,β-unsaturated/α-hetero) is 1. The van der Waals surface area contributed by atoms with Gasteiger partial charge in [0.25, 0.3) is 5.72 Å². The second-order valence-electron chi connectivity index (χ2n) is 6.93. The number of fused-ring (bicyclic) bond motifs is 1. The lowest BCUT2D eigenvalue weighted by Gasteiger charge is -2.32. The summed E-state index contributed by atoms with van der Waals surface area (Å²) in [5.41, 5.74) is -0.0478. The van der Waals surface area contributed by atoms with Crippen LogP contribution in [0.4, 0.5) is 0 Å². The Hall–Kier alpha value is -1.65. The third kappa shape index (κ3) is 2.54. The van der Waals surface area contributed by atoms with Crippen molar-refractivity contribution in [3.05, 3.63) is 45.6 Å². The monoisotopic (exact) mass is 381 g/mol. The molecule has 6 heteroatoms. The molecule has 0 saturated heterocycles. The van der Waals surface area contributed by atoms with Crippen molar-refractivity contribution in [2.45, 2.75) is 38.8 Å². The van der Waals surface area contributed by atoms with Crippen LogP contribution in [0.25, 0.3) is 0 Å². The van der Waals surface area contributed by atoms with Crippen LogP contribution in [0.15, 0.2) is 34.5 Å². The highest BCUT2D eigenvalue weighted by molar-refractivity contribution is 6.44. The first-order valence-electron chi connectivity index (χ1n) is 8.29. The van der Waals surface area contributed by atoms with Crippen LogP contribution in [-0.2, 0) is 6.42 Å². The second kappa shape index (κ2) is 6.26. The van der Waals surface area contributed by atoms with Gasteiger partial charge in [0, 0.05) is 12.6 Å². The topological polar surface area (TPSA) is 49.8 Å². The van der Waals surface area contributed by atoms with Gasteiger partial charge in [-0.1, -0.05) is 50.0 Å². The van der Waals surface area contributed by atoms with Crippen LogP contribution in [0.2, 0.25) is 0 Å². The lowest BCUT2D eigenvalue weighted by atomic mass is 9.97. The Bertz CT molecular complexity index is 800. The number of carbonyl (C=O) groups is 1. The zero-order valence-corrected chi connectivity index (χ0v) is 16.0. The average Bonchev–Trinajstić information content (AvgIpc) is 2.94. The van der Waals surface area contributed by atoms with Crippen molar-refractivity contribution in [1.82, 2.24) is 4.90 Å². The summed E-state index contributed by atoms with van der Waals surface area (Å²) in [5.74, 6) is 0.779. The maximum atomic E-state index is 13.1. The molecule has 0 fully saturated rings. The van der Waals surface area contributed by atoms with Gasteiger partial charge in [-0.15, -0.1) is 0 Å². The number of benzene rings is 1. The van der Waals surface area contributed by atoms with Gasteiger partial charge in [0.05, 0.1) is 16.3 Å². The molecule has 0 bridgehead atoms. The number of phenols is 1. The van der Waals surface area contributed by atoms with E-state index in [9.17, 15) is 9.90 Å². The summed E-state index contributed by atoms with van der Waals surface area (Å²) in [4.78, 5) is 14.7. The van der Waals surface area contributed by atoms with E-state index in [1.54, 1.807) is 18.0 Å². The Kier molecular flexibility index (Phi) is 4.54. The highest BCUT2D eigenvalue weighted by atomic mass is 35.5. The van der Waals surface area contributed by atoms with Gasteiger partial charge >= 0.3 is 0 Å². The molecule has 25 heavy (non-hydrogen) atoms. The van der Waals surface area contributed by atoms with E-state index in [2.05, 4.69) is 20.4 Å². The van der Waals surface area contributed by atoms with Crippen LogP contribution >= 0.6 is 23.2 Å². The minimum atomic E-state index is -1.52. The number of allylic oxidation sites excluding steroid dienone is 1. The Balaban J connectivity index is 2.04. The van der Waals surface area contributed by atoms with Gasteiger partial charge < -0.3 is 14.7 Å². The number of ketones is 1. The van der Waals surface area contributed by atoms with Gasteiger partial charge in [0.2, 0.25) is 5.78 Å². The number of likely N-dealkylation sites (N-methyl/N-ethyl adjacent to an activating group) is 1. The van der Waals surface area contributed by atoms with Crippen molar-refractivity contribution >= 4 is 29.0 Å². The lowest BCUT2D eigenvalue weighted by Crippen LogP contribution is -2.51. The molecule has 134 valence electrons. The molecule has 1 aromatic rings. The number of rotatable bonds is 4. The summed E-state index contributed by atoms with van der Waals surface area (Å²) >= 11 is 12.6. The third-order valence-electron chi connectivity index (χ3n) is 4.87. The summed E-state index contributed by atoms with van der Waals surface area (Å²) < 4.78 is 6.08. The molecule has 1 spiro atoms. The maximum absolute atomic E-state index is 13.1. The summed E-state index contributed by atoms with van der Waals surface area (Å²) in [6.07, 6.45) is 2.53. The van der Waals surface area contributed by atoms with E-state index >= 15 is 0 Å². The first-order chi connectivity index (χ1) is 11.7. The fraction of sp³-hybridized carbons (Fsp3) is 0.421. The largest absolute Gasteiger partial charge is 0.508 e. The fourth-order valence-electron chi connectivity index (χ4n) is 3.34. The molecule has 1 aromatic carbocycles. The Labute approximate surface area is 157 Å². The summed E-state index contributed by atoms with van der Waals surface area (Å²) in [5, 5.41) is 10.6. The molecule has 0 aliphatic carbocycles. The van der Waals surface area contributed by atoms with Gasteiger partial charge in [-0.25, -0.2) is 0 Å². The fourth-order valence-corrected chi connectivity index (χ4v) is 3.96. The van der Waals surface area contributed by atoms with E-state index in [0.717, 1.165) is 12.8 Å². The standard InChI is InChI=1S/C19H21Cl2NO3/c1-10(2)6-5-7-12-14(23)9-8-13-16(12)25-19(18(13)24)17(21)15(20)11(3)22(19)4/h8-10,23H,3,5-7H2,1-2,4H3. The smallest absolute Gasteiger partial charge is 0.285 e. The molecule has 0 saturated carbocycles. The molecular weight excluding hydrogens is 361 g/mol. The molecule has 0 aromatic heterocycles. The van der Waals surface area contributed by atoms with Crippen molar-refractivity contribution in [3.8, 4) is 11.5 Å². The zero-order chi connectivity index (χ0) is 18.5. The summed E-state index contributed by atoms with van der Waals surface area (Å²) in [6, 6.07) is 3.10. The Morgan fingerprint density at radius 1 is 1.36 bits per heavy atom. The van der Waals surface area contributed by atoms with Crippen LogP contribution in [0.3, 0.4) is 0 Å². The van der Waals surface area contributed by atoms with Gasteiger partial charge in [-0.3, -0.25) is 4.79 Å². The molecule has 1 unspecified atom stereocenters. The molecule has 4 nitrogen and oxygen atoms in total. The highest BCUT2D eigenvalue weighted by Crippen LogP contribution is 2.52. The quantitative estimate of drug-likeness (QED) is 0.814. The predicted molar refractivity (Wildman–Crippen MR) is 99.2 cm³/mol. The molecule has 0 radical (unpaired) electrons. The SMILES string of the molecule is C=C1C(Cl)=C(Cl)C2(Oc3c(ccc(O)c3CCCC(C)C)C2=O)N1C. The van der Waals surface area contributed by atoms with E-state index in [0.29, 0.717) is 34.9 Å². The summed E-state index contributed by atoms with van der Waals surface area (Å²) in [7, 11) is 1.67. The van der Waals surface area contributed by atoms with E-state index < -0.39 is 5.72 Å². The highest BCUT2D eigenvalue weighted by Gasteiger charge is 2.59. The van der Waals surface area contributed by atoms with Crippen molar-refractivity contribution in [2.75, 3.05) is 7.05 Å². The van der Waals surface area contributed by atoms with Gasteiger partial charge in [0.15, 0.2) is 0 Å². The van der Waals surface area contributed by atoms with Crippen LogP contribution in [0, 0.1) is 5.92 Å². The number of nitrogens with zero attached hydrogens (tertiary/aromatic N) is 1. The Morgan fingerprint density at radius 3 is 2.60 bits per heavy atom. The molecule has 2 aliphatic heterocycles. The van der Waals surface area contributed by atoms with E-state index in [1.165, 1.54) is 6.07 Å². The number of phenolic OH excluding ortho intramolecular Hbond substituents is 1. The molecule has 2 aliphatic rings. The maximum Gasteiger partial charge on any atom is 0.285 e. The normalized spacial score (nSPS) is 22.4. The molecule has 2 heterocycles. The van der Waals surface area contributed by atoms with Crippen molar-refractivity contribution in [3.63, 3.8) is 0 Å². The average molecular weight is 382 g/mol. The molecule has 0 amide bonds. The van der Waals surface area contributed by atoms with Gasteiger partial charge in [-0.2, -0.15) is 0 Å². The number of aromatic hydroxyl groups is 1. The first-order valence-corrected chi connectivity index (χ1v) is 9.05. The van der Waals surface area contributed by atoms with Crippen LogP contribution in [0.1, 0.15) is 42.6 Å². The van der Waals surface area contributed by atoms with E-state index in [-0.39, 0.29) is 21.6 Å². The van der Waals surface area contributed by atoms with E-state index in [4.69, 9.17) is 27.9 Å². The van der Waals surface area contributed by atoms with Gasteiger partial charge in [-0.05, 0) is 30.9 Å². The summed E-state index contributed by atoms with van der Waals surface area (Å²) in [6.45, 7) is 8.16. The van der Waals surface area contributed by atoms with E-state index in [1.807, 2.05) is 0 Å². The van der Waals surface area contributed by atoms with Crippen LogP contribution < -0.4 is 4.74 Å². The van der Waals surface area contributed by atoms with Crippen molar-refractivity contribution in [1.29, 1.82) is 0 Å². The molecule has 3 rings (SSSR count). The number of carbonyl (C=O) groups excluding carboxylic acids is 1. The number of hydrogen-bond acceptors (Lipinski definition) is 4. The Morgan fingerprint density at radius 2 is 2.04 bits per heavy atom. The van der Waals surface area contributed by atoms with Crippen LogP contribution in [0.5, 0.6) is 11.5 Å². The number of halogens is 2. The predicted octanol–water partition coefficient (Wildman–Crippen LogP) is 4.79. The third-order valence-corrected chi connectivity index (χ3v) is 5.82. The molecule has 1 N–H and O–H groups in total. The van der Waals surface area contributed by atoms with Crippen molar-refractivity contribution < 1.29 is 14.6 Å². The lowest BCUT2D eigenvalue weighted by molar-refractivity contribution is 0.0213. The molecule has 1 atom stereocenters. The number of hydrogen-bond donors (Lipinski definition) is 1. The van der Waals surface area contributed by atoms with Crippen LogP contribution in [-0.4, -0.2) is 28.6 Å². The first kappa shape index (κ1) is 18.2. The van der Waals surface area contributed by atoms with Crippen molar-refractivity contribution in [2.24, 2.45) is 5.92 Å². The minimum absolute atomic E-state index is 0.107. The molecular formula is C19H21Cl2NO3. The minimum Gasteiger partial charge on any atom is -0.508 e. The number of ether oxygens (including phenoxy) is 1. The zero-order valence-electron chi connectivity index (χ0n) is 14.5. The van der Waals surface area contributed by atoms with Gasteiger partial charge in [0.1, 0.15) is 16.5 Å².